The summed E-state index contributed by atoms with van der Waals surface area (Å²) in [6.07, 6.45) is 2.68. The Morgan fingerprint density at radius 2 is 2.25 bits per heavy atom. The van der Waals surface area contributed by atoms with E-state index >= 15 is 0 Å². The highest BCUT2D eigenvalue weighted by Crippen LogP contribution is 2.02. The Hall–Kier alpha value is 0.440. The maximum Gasteiger partial charge on any atom is 0.0576 e. The number of alkyl halides is 1. The van der Waals surface area contributed by atoms with E-state index in [1.807, 2.05) is 0 Å². The van der Waals surface area contributed by atoms with Crippen LogP contribution in [0.4, 0.5) is 0 Å². The molecular formula is C6H13BrO. The van der Waals surface area contributed by atoms with Crippen molar-refractivity contribution in [3.8, 4) is 0 Å². The summed E-state index contributed by atoms with van der Waals surface area (Å²) in [5, 5.41) is 1.04. The van der Waals surface area contributed by atoms with Crippen LogP contribution in [0.25, 0.3) is 0 Å². The largest absolute Gasteiger partial charge is 0.381 e. The molecular weight excluding hydrogens is 168 g/mol. The Labute approximate surface area is 59.5 Å². The molecule has 0 radical (unpaired) electrons. The highest BCUT2D eigenvalue weighted by atomic mass is 79.9. The van der Waals surface area contributed by atoms with E-state index in [-0.39, 0.29) is 0 Å². The fraction of sp³-hybridized carbons (Fsp3) is 1.00. The lowest BCUT2D eigenvalue weighted by molar-refractivity contribution is 0.0976. The molecule has 0 N–H and O–H groups in total. The van der Waals surface area contributed by atoms with Gasteiger partial charge in [-0.05, 0) is 12.8 Å². The minimum absolute atomic E-state index is 0.453. The van der Waals surface area contributed by atoms with Crippen molar-refractivity contribution in [1.29, 1.82) is 0 Å². The summed E-state index contributed by atoms with van der Waals surface area (Å²) in [6, 6.07) is 0. The number of rotatable bonds is 4. The summed E-state index contributed by atoms with van der Waals surface area (Å²) < 4.78 is 5.11. The molecule has 1 atom stereocenters. The van der Waals surface area contributed by atoms with Gasteiger partial charge in [-0.2, -0.15) is 0 Å². The van der Waals surface area contributed by atoms with Crippen LogP contribution < -0.4 is 0 Å². The van der Waals surface area contributed by atoms with Gasteiger partial charge in [0.05, 0.1) is 6.10 Å². The molecule has 50 valence electrons. The van der Waals surface area contributed by atoms with Crippen molar-refractivity contribution in [1.82, 2.24) is 0 Å². The van der Waals surface area contributed by atoms with Crippen LogP contribution in [-0.2, 0) is 4.74 Å². The van der Waals surface area contributed by atoms with Gasteiger partial charge >= 0.3 is 0 Å². The van der Waals surface area contributed by atoms with Crippen molar-refractivity contribution < 1.29 is 4.74 Å². The normalized spacial score (nSPS) is 13.9. The minimum Gasteiger partial charge on any atom is -0.381 e. The van der Waals surface area contributed by atoms with Gasteiger partial charge in [-0.25, -0.2) is 0 Å². The molecule has 8 heavy (non-hydrogen) atoms. The molecule has 1 nitrogen and oxygen atoms in total. The van der Waals surface area contributed by atoms with Crippen molar-refractivity contribution in [2.24, 2.45) is 0 Å². The number of halogens is 1. The van der Waals surface area contributed by atoms with E-state index in [1.165, 1.54) is 0 Å². The van der Waals surface area contributed by atoms with Crippen LogP contribution in [0.3, 0.4) is 0 Å². The first-order valence-electron chi connectivity index (χ1n) is 2.93. The quantitative estimate of drug-likeness (QED) is 0.604. The Kier molecular flexibility index (Phi) is 5.88. The fourth-order valence-corrected chi connectivity index (χ4v) is 1.12. The second-order valence-electron chi connectivity index (χ2n) is 1.74. The van der Waals surface area contributed by atoms with Gasteiger partial charge in [-0.1, -0.05) is 22.9 Å². The van der Waals surface area contributed by atoms with Crippen LogP contribution in [0, 0.1) is 0 Å². The van der Waals surface area contributed by atoms with E-state index in [2.05, 4.69) is 22.9 Å². The predicted octanol–water partition coefficient (Wildman–Crippen LogP) is 2.20. The average molecular weight is 181 g/mol. The van der Waals surface area contributed by atoms with E-state index in [4.69, 9.17) is 4.74 Å². The summed E-state index contributed by atoms with van der Waals surface area (Å²) in [4.78, 5) is 0. The van der Waals surface area contributed by atoms with Gasteiger partial charge in [-0.15, -0.1) is 0 Å². The molecule has 1 unspecified atom stereocenters. The third-order valence-corrected chi connectivity index (χ3v) is 1.68. The van der Waals surface area contributed by atoms with Gasteiger partial charge in [0.15, 0.2) is 0 Å². The number of hydrogen-bond acceptors (Lipinski definition) is 1. The van der Waals surface area contributed by atoms with Gasteiger partial charge in [0.25, 0.3) is 0 Å². The molecule has 0 aromatic heterocycles. The molecule has 0 aromatic carbocycles. The lowest BCUT2D eigenvalue weighted by Gasteiger charge is -2.09. The second-order valence-corrected chi connectivity index (χ2v) is 2.54. The molecule has 0 aliphatic rings. The molecule has 0 aromatic rings. The summed E-state index contributed by atoms with van der Waals surface area (Å²) in [5.41, 5.74) is 0. The first-order chi connectivity index (χ1) is 3.85. The first kappa shape index (κ1) is 8.44. The maximum absolute atomic E-state index is 5.11. The first-order valence-corrected chi connectivity index (χ1v) is 4.06. The van der Waals surface area contributed by atoms with E-state index in [0.29, 0.717) is 6.10 Å². The molecule has 0 saturated carbocycles. The fourth-order valence-electron chi connectivity index (χ4n) is 0.610. The molecule has 0 spiro atoms. The molecule has 0 fully saturated rings. The van der Waals surface area contributed by atoms with Crippen LogP contribution in [0.15, 0.2) is 0 Å². The molecule has 2 heteroatoms. The van der Waals surface area contributed by atoms with Crippen LogP contribution in [0.2, 0.25) is 0 Å². The number of hydrogen-bond donors (Lipinski definition) is 0. The van der Waals surface area contributed by atoms with E-state index < -0.39 is 0 Å². The van der Waals surface area contributed by atoms with Crippen molar-refractivity contribution >= 4 is 15.9 Å². The third kappa shape index (κ3) is 3.44. The van der Waals surface area contributed by atoms with Crippen LogP contribution in [0.1, 0.15) is 19.8 Å². The van der Waals surface area contributed by atoms with Crippen LogP contribution in [0.5, 0.6) is 0 Å². The molecule has 0 aliphatic carbocycles. The van der Waals surface area contributed by atoms with Gasteiger partial charge < -0.3 is 4.74 Å². The predicted molar refractivity (Wildman–Crippen MR) is 39.5 cm³/mol. The van der Waals surface area contributed by atoms with Crippen molar-refractivity contribution in [3.63, 3.8) is 0 Å². The molecule has 0 aliphatic heterocycles. The second kappa shape index (κ2) is 5.57. The van der Waals surface area contributed by atoms with Crippen molar-refractivity contribution in [2.75, 3.05) is 12.4 Å². The Morgan fingerprint density at radius 1 is 1.62 bits per heavy atom. The van der Waals surface area contributed by atoms with Crippen LogP contribution in [-0.4, -0.2) is 18.5 Å². The molecule has 0 saturated heterocycles. The standard InChI is InChI=1S/C6H13BrO/c1-3-6(8-2)4-5-7/h6H,3-5H2,1-2H3. The van der Waals surface area contributed by atoms with Crippen LogP contribution >= 0.6 is 15.9 Å². The van der Waals surface area contributed by atoms with E-state index in [0.717, 1.165) is 18.2 Å². The molecule has 0 heterocycles. The summed E-state index contributed by atoms with van der Waals surface area (Å²) in [6.45, 7) is 2.14. The van der Waals surface area contributed by atoms with E-state index in [1.54, 1.807) is 7.11 Å². The van der Waals surface area contributed by atoms with Crippen molar-refractivity contribution in [2.45, 2.75) is 25.9 Å². The highest BCUT2D eigenvalue weighted by molar-refractivity contribution is 9.09. The zero-order valence-corrected chi connectivity index (χ0v) is 7.07. The maximum atomic E-state index is 5.11. The van der Waals surface area contributed by atoms with E-state index in [9.17, 15) is 0 Å². The Balaban J connectivity index is 3.07. The monoisotopic (exact) mass is 180 g/mol. The van der Waals surface area contributed by atoms with Gasteiger partial charge in [-0.3, -0.25) is 0 Å². The average Bonchev–Trinajstić information content (AvgIpc) is 1.83. The Bertz CT molecular complexity index is 43.8. The van der Waals surface area contributed by atoms with Gasteiger partial charge in [0, 0.05) is 12.4 Å². The Morgan fingerprint density at radius 3 is 2.38 bits per heavy atom. The molecule has 0 amide bonds. The lowest BCUT2D eigenvalue weighted by Crippen LogP contribution is -2.08. The van der Waals surface area contributed by atoms with Crippen molar-refractivity contribution in [3.05, 3.63) is 0 Å². The zero-order chi connectivity index (χ0) is 6.41. The SMILES string of the molecule is CCC(CCBr)OC. The number of methoxy groups -OCH3 is 1. The summed E-state index contributed by atoms with van der Waals surface area (Å²) in [7, 11) is 1.76. The topological polar surface area (TPSA) is 9.23 Å². The lowest BCUT2D eigenvalue weighted by atomic mass is 10.2. The zero-order valence-electron chi connectivity index (χ0n) is 5.48. The molecule has 0 rings (SSSR count). The highest BCUT2D eigenvalue weighted by Gasteiger charge is 1.99. The minimum atomic E-state index is 0.453. The van der Waals surface area contributed by atoms with Gasteiger partial charge in [0.1, 0.15) is 0 Å². The smallest absolute Gasteiger partial charge is 0.0576 e. The summed E-state index contributed by atoms with van der Waals surface area (Å²) >= 11 is 3.35. The summed E-state index contributed by atoms with van der Waals surface area (Å²) in [5.74, 6) is 0. The van der Waals surface area contributed by atoms with Gasteiger partial charge in [0.2, 0.25) is 0 Å². The third-order valence-electron chi connectivity index (χ3n) is 1.22. The number of ether oxygens (including phenoxy) is 1. The molecule has 0 bridgehead atoms.